The molecule has 98 valence electrons. The van der Waals surface area contributed by atoms with Crippen molar-refractivity contribution in [2.75, 3.05) is 0 Å². The number of allylic oxidation sites excluding steroid dienone is 1. The Morgan fingerprint density at radius 2 is 1.39 bits per heavy atom. The van der Waals surface area contributed by atoms with E-state index in [0.717, 1.165) is 11.6 Å². The first-order valence-corrected chi connectivity index (χ1v) is 6.52. The van der Waals surface area contributed by atoms with Crippen LogP contribution >= 0.6 is 0 Å². The number of rotatable bonds is 3. The molecule has 0 spiro atoms. The average Bonchev–Trinajstić information content (AvgIpc) is 2.21. The zero-order valence-electron chi connectivity index (χ0n) is 12.8. The lowest BCUT2D eigenvalue weighted by Gasteiger charge is -2.29. The molecule has 0 heterocycles. The Hall–Kier alpha value is -1.30. The number of benzene rings is 1. The van der Waals surface area contributed by atoms with Gasteiger partial charge in [0.05, 0.1) is 0 Å². The molecule has 1 rings (SSSR count). The van der Waals surface area contributed by atoms with Crippen LogP contribution in [0.3, 0.4) is 0 Å². The Bertz CT molecular complexity index is 586. The normalized spacial score (nSPS) is 11.7. The van der Waals surface area contributed by atoms with E-state index in [9.17, 15) is 0 Å². The minimum atomic E-state index is 0.0674. The van der Waals surface area contributed by atoms with Crippen LogP contribution in [0.1, 0.15) is 49.4 Å². The summed E-state index contributed by atoms with van der Waals surface area (Å²) in [6, 6.07) is 0. The van der Waals surface area contributed by atoms with E-state index >= 15 is 0 Å². The lowest BCUT2D eigenvalue weighted by atomic mass is 9.75. The highest BCUT2D eigenvalue weighted by molar-refractivity contribution is 5.45. The van der Waals surface area contributed by atoms with Crippen molar-refractivity contribution in [3.05, 3.63) is 44.8 Å². The van der Waals surface area contributed by atoms with Gasteiger partial charge in [-0.15, -0.1) is 6.58 Å². The molecular weight excluding hydrogens is 216 g/mol. The van der Waals surface area contributed by atoms with E-state index < -0.39 is 0 Å². The molecule has 0 bridgehead atoms. The van der Waals surface area contributed by atoms with Crippen molar-refractivity contribution in [1.29, 1.82) is 0 Å². The van der Waals surface area contributed by atoms with Gasteiger partial charge >= 0.3 is 0 Å². The Morgan fingerprint density at radius 1 is 0.944 bits per heavy atom. The fourth-order valence-corrected chi connectivity index (χ4v) is 3.06. The summed E-state index contributed by atoms with van der Waals surface area (Å²) in [6.07, 6.45) is 0.984. The second-order valence-electron chi connectivity index (χ2n) is 6.22. The topological polar surface area (TPSA) is 0 Å². The molecule has 0 radical (unpaired) electrons. The van der Waals surface area contributed by atoms with Gasteiger partial charge in [0.15, 0.2) is 0 Å². The van der Waals surface area contributed by atoms with Gasteiger partial charge in [0.1, 0.15) is 0 Å². The van der Waals surface area contributed by atoms with Crippen molar-refractivity contribution < 1.29 is 0 Å². The second kappa shape index (κ2) is 4.76. The lowest BCUT2D eigenvalue weighted by molar-refractivity contribution is 0.513. The molecule has 1 aromatic carbocycles. The van der Waals surface area contributed by atoms with Crippen LogP contribution in [-0.4, -0.2) is 0 Å². The van der Waals surface area contributed by atoms with Gasteiger partial charge in [0.25, 0.3) is 0 Å². The van der Waals surface area contributed by atoms with Crippen LogP contribution in [0.5, 0.6) is 0 Å². The molecule has 0 saturated carbocycles. The fraction of sp³-hybridized carbons (Fsp3) is 0.444. The lowest BCUT2D eigenvalue weighted by Crippen LogP contribution is -2.33. The Labute approximate surface area is 112 Å². The van der Waals surface area contributed by atoms with E-state index in [-0.39, 0.29) is 5.41 Å². The van der Waals surface area contributed by atoms with Crippen molar-refractivity contribution >= 4 is 13.2 Å². The van der Waals surface area contributed by atoms with E-state index in [2.05, 4.69) is 61.3 Å². The average molecular weight is 242 g/mol. The van der Waals surface area contributed by atoms with Gasteiger partial charge in [-0.05, 0) is 72.2 Å². The van der Waals surface area contributed by atoms with E-state index in [1.807, 2.05) is 0 Å². The maximum atomic E-state index is 4.30. The maximum absolute atomic E-state index is 4.30. The van der Waals surface area contributed by atoms with Gasteiger partial charge in [-0.3, -0.25) is 0 Å². The predicted octanol–water partition coefficient (Wildman–Crippen LogP) is 3.68. The zero-order valence-corrected chi connectivity index (χ0v) is 12.8. The maximum Gasteiger partial charge on any atom is -0.00580 e. The third kappa shape index (κ3) is 2.43. The number of hydrogen-bond donors (Lipinski definition) is 0. The predicted molar refractivity (Wildman–Crippen MR) is 83.4 cm³/mol. The zero-order chi connectivity index (χ0) is 14.2. The molecule has 0 unspecified atom stereocenters. The van der Waals surface area contributed by atoms with Crippen molar-refractivity contribution in [3.63, 3.8) is 0 Å². The highest BCUT2D eigenvalue weighted by Gasteiger charge is 2.24. The molecule has 0 N–H and O–H groups in total. The Morgan fingerprint density at radius 3 is 1.83 bits per heavy atom. The van der Waals surface area contributed by atoms with Crippen LogP contribution in [0.2, 0.25) is 0 Å². The Kier molecular flexibility index (Phi) is 3.90. The number of hydrogen-bond acceptors (Lipinski definition) is 0. The van der Waals surface area contributed by atoms with Crippen LogP contribution in [0.4, 0.5) is 0 Å². The molecule has 0 atom stereocenters. The molecule has 0 saturated heterocycles. The molecular formula is C18H26. The van der Waals surface area contributed by atoms with Crippen LogP contribution < -0.4 is 10.4 Å². The molecule has 0 aromatic heterocycles. The van der Waals surface area contributed by atoms with Crippen molar-refractivity contribution in [1.82, 2.24) is 0 Å². The van der Waals surface area contributed by atoms with Crippen molar-refractivity contribution in [2.24, 2.45) is 0 Å². The first-order chi connectivity index (χ1) is 8.09. The molecule has 0 aliphatic rings. The van der Waals surface area contributed by atoms with Crippen LogP contribution in [-0.2, 0) is 5.41 Å². The van der Waals surface area contributed by atoms with E-state index in [0.29, 0.717) is 0 Å². The molecule has 0 aliphatic carbocycles. The van der Waals surface area contributed by atoms with Gasteiger partial charge in [-0.1, -0.05) is 32.6 Å². The van der Waals surface area contributed by atoms with E-state index in [4.69, 9.17) is 0 Å². The summed E-state index contributed by atoms with van der Waals surface area (Å²) in [5.74, 6) is 0. The van der Waals surface area contributed by atoms with Gasteiger partial charge in [-0.25, -0.2) is 0 Å². The minimum absolute atomic E-state index is 0.0674. The summed E-state index contributed by atoms with van der Waals surface area (Å²) in [5.41, 5.74) is 6.45. The van der Waals surface area contributed by atoms with Gasteiger partial charge in [0.2, 0.25) is 0 Å². The summed E-state index contributed by atoms with van der Waals surface area (Å²) < 4.78 is 0. The summed E-state index contributed by atoms with van der Waals surface area (Å²) in [4.78, 5) is 0. The molecule has 0 nitrogen and oxygen atoms in total. The molecule has 0 heteroatoms. The van der Waals surface area contributed by atoms with Crippen molar-refractivity contribution in [2.45, 2.75) is 53.4 Å². The van der Waals surface area contributed by atoms with Gasteiger partial charge in [0, 0.05) is 0 Å². The Balaban J connectivity index is 3.66. The van der Waals surface area contributed by atoms with Gasteiger partial charge < -0.3 is 0 Å². The van der Waals surface area contributed by atoms with E-state index in [1.165, 1.54) is 33.0 Å². The first-order valence-electron chi connectivity index (χ1n) is 6.52. The standard InChI is InChI=1S/C18H26/c1-11(2)10-18(8,9)17-15(6)13(4)12(3)14(5)16(17)7/h1,4,7,10H2,2-3,5-6,8-9H3. The monoisotopic (exact) mass is 242 g/mol. The summed E-state index contributed by atoms with van der Waals surface area (Å²) >= 11 is 0. The quantitative estimate of drug-likeness (QED) is 0.709. The molecule has 18 heavy (non-hydrogen) atoms. The van der Waals surface area contributed by atoms with Crippen LogP contribution in [0, 0.1) is 20.8 Å². The largest absolute Gasteiger partial charge is 0.100 e. The molecule has 1 aromatic rings. The summed E-state index contributed by atoms with van der Waals surface area (Å²) in [7, 11) is 0. The molecule has 0 aliphatic heterocycles. The van der Waals surface area contributed by atoms with E-state index in [1.54, 1.807) is 0 Å². The van der Waals surface area contributed by atoms with Crippen molar-refractivity contribution in [3.8, 4) is 0 Å². The van der Waals surface area contributed by atoms with Crippen LogP contribution in [0.15, 0.2) is 12.2 Å². The highest BCUT2D eigenvalue weighted by atomic mass is 14.3. The third-order valence-electron chi connectivity index (χ3n) is 4.02. The first kappa shape index (κ1) is 14.8. The summed E-state index contributed by atoms with van der Waals surface area (Å²) in [6.45, 7) is 25.7. The third-order valence-corrected chi connectivity index (χ3v) is 4.02. The molecule has 0 amide bonds. The van der Waals surface area contributed by atoms with Gasteiger partial charge in [-0.2, -0.15) is 0 Å². The smallest absolute Gasteiger partial charge is 0.00580 e. The molecule has 0 fully saturated rings. The van der Waals surface area contributed by atoms with Crippen LogP contribution in [0.25, 0.3) is 13.2 Å². The minimum Gasteiger partial charge on any atom is -0.100 e. The summed E-state index contributed by atoms with van der Waals surface area (Å²) in [5, 5.41) is 2.33. The SMILES string of the molecule is C=C(C)CC(C)(C)c1c(C)c(=C)c(C)c(C)c1=C. The second-order valence-corrected chi connectivity index (χ2v) is 6.22. The highest BCUT2D eigenvalue weighted by Crippen LogP contribution is 2.29. The fourth-order valence-electron chi connectivity index (χ4n) is 3.06.